The molecular weight excluding hydrogens is 495 g/mol. The van der Waals surface area contributed by atoms with E-state index in [2.05, 4.69) is 16.0 Å². The second-order valence-corrected chi connectivity index (χ2v) is 8.64. The lowest BCUT2D eigenvalue weighted by atomic mass is 9.89. The highest BCUT2D eigenvalue weighted by Crippen LogP contribution is 2.57. The summed E-state index contributed by atoms with van der Waals surface area (Å²) in [7, 11) is 0. The summed E-state index contributed by atoms with van der Waals surface area (Å²) in [5, 5.41) is 15.0. The van der Waals surface area contributed by atoms with Crippen molar-refractivity contribution in [3.8, 4) is 22.3 Å². The molecule has 1 amide bonds. The first kappa shape index (κ1) is 24.4. The van der Waals surface area contributed by atoms with Gasteiger partial charge in [-0.05, 0) is 60.0 Å². The van der Waals surface area contributed by atoms with Gasteiger partial charge in [0, 0.05) is 22.9 Å². The van der Waals surface area contributed by atoms with Crippen LogP contribution in [0.4, 0.5) is 27.6 Å². The molecule has 1 aromatic heterocycles. The molecule has 3 aromatic carbocycles. The number of aliphatic hydroxyl groups is 1. The molecule has 3 N–H and O–H groups in total. The Kier molecular flexibility index (Phi) is 5.75. The third-order valence-corrected chi connectivity index (χ3v) is 6.35. The van der Waals surface area contributed by atoms with E-state index in [-0.39, 0.29) is 22.3 Å². The smallest absolute Gasteiger partial charge is 0.372 e. The van der Waals surface area contributed by atoms with Crippen molar-refractivity contribution in [1.29, 1.82) is 0 Å². The second-order valence-electron chi connectivity index (χ2n) is 8.64. The number of nitrogens with one attached hydrogen (secondary N) is 2. The largest absolute Gasteiger partial charge is 0.425 e. The minimum atomic E-state index is -5.10. The fourth-order valence-electron chi connectivity index (χ4n) is 4.46. The van der Waals surface area contributed by atoms with E-state index < -0.39 is 46.5 Å². The van der Waals surface area contributed by atoms with Crippen LogP contribution in [0, 0.1) is 11.6 Å². The van der Waals surface area contributed by atoms with Gasteiger partial charge in [-0.2, -0.15) is 18.3 Å². The summed E-state index contributed by atoms with van der Waals surface area (Å²) in [4.78, 5) is 12.6. The molecule has 0 fully saturated rings. The SMILES string of the molecule is CC(C(=O)NNc1ccc(F)cc1)n1cc(-c2cc(F)cc3c2-c2ccccc2C3(O)C(F)(F)F)cn1. The molecule has 5 rings (SSSR count). The number of hydrogen-bond donors (Lipinski definition) is 3. The normalized spacial score (nSPS) is 17.2. The van der Waals surface area contributed by atoms with Gasteiger partial charge in [-0.15, -0.1) is 0 Å². The van der Waals surface area contributed by atoms with Crippen molar-refractivity contribution < 1.29 is 31.9 Å². The van der Waals surface area contributed by atoms with Crippen LogP contribution >= 0.6 is 0 Å². The van der Waals surface area contributed by atoms with Crippen molar-refractivity contribution in [1.82, 2.24) is 15.2 Å². The Labute approximate surface area is 207 Å². The van der Waals surface area contributed by atoms with E-state index >= 15 is 0 Å². The number of halogens is 5. The van der Waals surface area contributed by atoms with Crippen molar-refractivity contribution >= 4 is 11.6 Å². The number of carbonyl (C=O) groups excluding carboxylic acids is 1. The quantitative estimate of drug-likeness (QED) is 0.249. The Morgan fingerprint density at radius 3 is 2.41 bits per heavy atom. The molecule has 2 unspecified atom stereocenters. The predicted molar refractivity (Wildman–Crippen MR) is 125 cm³/mol. The number of hydrogen-bond acceptors (Lipinski definition) is 4. The van der Waals surface area contributed by atoms with Crippen LogP contribution in [0.1, 0.15) is 24.1 Å². The standard InChI is InChI=1S/C26H19F5N4O2/c1-14(24(36)34-33-18-8-6-16(27)7-9-18)35-13-15(12-32-35)20-10-17(28)11-22-23(20)19-4-2-3-5-21(19)25(22,37)26(29,30)31/h2-14,33,37H,1H3,(H,34,36). The zero-order valence-corrected chi connectivity index (χ0v) is 19.1. The van der Waals surface area contributed by atoms with Gasteiger partial charge in [0.1, 0.15) is 17.7 Å². The average Bonchev–Trinajstić information content (AvgIpc) is 3.45. The van der Waals surface area contributed by atoms with Crippen LogP contribution in [0.3, 0.4) is 0 Å². The van der Waals surface area contributed by atoms with Gasteiger partial charge in [-0.1, -0.05) is 24.3 Å². The molecule has 6 nitrogen and oxygen atoms in total. The van der Waals surface area contributed by atoms with E-state index in [4.69, 9.17) is 0 Å². The van der Waals surface area contributed by atoms with Gasteiger partial charge >= 0.3 is 6.18 Å². The van der Waals surface area contributed by atoms with Crippen molar-refractivity contribution in [3.05, 3.63) is 95.8 Å². The molecule has 1 heterocycles. The second kappa shape index (κ2) is 8.70. The van der Waals surface area contributed by atoms with E-state index in [1.165, 1.54) is 66.5 Å². The molecule has 0 saturated carbocycles. The molecule has 1 aliphatic rings. The average molecular weight is 514 g/mol. The van der Waals surface area contributed by atoms with Crippen molar-refractivity contribution in [2.75, 3.05) is 5.43 Å². The Morgan fingerprint density at radius 1 is 1.00 bits per heavy atom. The molecule has 0 saturated heterocycles. The number of aromatic nitrogens is 2. The van der Waals surface area contributed by atoms with Gasteiger partial charge in [-0.3, -0.25) is 20.3 Å². The van der Waals surface area contributed by atoms with Gasteiger partial charge in [-0.25, -0.2) is 8.78 Å². The van der Waals surface area contributed by atoms with E-state index in [9.17, 15) is 31.9 Å². The van der Waals surface area contributed by atoms with E-state index in [0.29, 0.717) is 11.8 Å². The fourth-order valence-corrected chi connectivity index (χ4v) is 4.46. The fraction of sp³-hybridized carbons (Fsp3) is 0.154. The summed E-state index contributed by atoms with van der Waals surface area (Å²) in [5.41, 5.74) is 1.66. The van der Waals surface area contributed by atoms with E-state index in [1.807, 2.05) is 0 Å². The Balaban J connectivity index is 1.49. The minimum absolute atomic E-state index is 0.0338. The molecule has 4 aromatic rings. The maximum Gasteiger partial charge on any atom is 0.425 e. The molecule has 0 radical (unpaired) electrons. The summed E-state index contributed by atoms with van der Waals surface area (Å²) < 4.78 is 71.3. The number of benzene rings is 3. The summed E-state index contributed by atoms with van der Waals surface area (Å²) in [6.07, 6.45) is -2.39. The molecule has 2 atom stereocenters. The van der Waals surface area contributed by atoms with Crippen LogP contribution in [0.25, 0.3) is 22.3 Å². The summed E-state index contributed by atoms with van der Waals surface area (Å²) in [6, 6.07) is 11.7. The number of fused-ring (bicyclic) bond motifs is 3. The Morgan fingerprint density at radius 2 is 1.70 bits per heavy atom. The van der Waals surface area contributed by atoms with Crippen LogP contribution in [-0.4, -0.2) is 27.0 Å². The monoisotopic (exact) mass is 514 g/mol. The highest BCUT2D eigenvalue weighted by atomic mass is 19.4. The van der Waals surface area contributed by atoms with Crippen LogP contribution < -0.4 is 10.9 Å². The van der Waals surface area contributed by atoms with Gasteiger partial charge in [0.05, 0.1) is 11.9 Å². The summed E-state index contributed by atoms with van der Waals surface area (Å²) >= 11 is 0. The van der Waals surface area contributed by atoms with Gasteiger partial charge in [0.2, 0.25) is 5.60 Å². The number of alkyl halides is 3. The Bertz CT molecular complexity index is 1500. The molecule has 11 heteroatoms. The molecule has 190 valence electrons. The molecule has 0 bridgehead atoms. The molecule has 1 aliphatic carbocycles. The third kappa shape index (κ3) is 4.01. The van der Waals surface area contributed by atoms with E-state index in [0.717, 1.165) is 12.1 Å². The number of nitrogens with zero attached hydrogens (tertiary/aromatic N) is 2. The van der Waals surface area contributed by atoms with Crippen molar-refractivity contribution in [2.45, 2.75) is 24.7 Å². The topological polar surface area (TPSA) is 79.2 Å². The zero-order valence-electron chi connectivity index (χ0n) is 19.1. The zero-order chi connectivity index (χ0) is 26.5. The lowest BCUT2D eigenvalue weighted by molar-refractivity contribution is -0.246. The van der Waals surface area contributed by atoms with E-state index in [1.54, 1.807) is 0 Å². The molecular formula is C26H19F5N4O2. The van der Waals surface area contributed by atoms with Crippen LogP contribution in [-0.2, 0) is 10.4 Å². The summed E-state index contributed by atoms with van der Waals surface area (Å²) in [5.74, 6) is -1.92. The summed E-state index contributed by atoms with van der Waals surface area (Å²) in [6.45, 7) is 1.53. The molecule has 0 aliphatic heterocycles. The third-order valence-electron chi connectivity index (χ3n) is 6.35. The first-order valence-electron chi connectivity index (χ1n) is 11.1. The first-order chi connectivity index (χ1) is 17.5. The lowest BCUT2D eigenvalue weighted by Gasteiger charge is -2.28. The Hall–Kier alpha value is -4.25. The van der Waals surface area contributed by atoms with Crippen LogP contribution in [0.5, 0.6) is 0 Å². The van der Waals surface area contributed by atoms with Crippen molar-refractivity contribution in [2.24, 2.45) is 0 Å². The highest BCUT2D eigenvalue weighted by molar-refractivity contribution is 5.92. The number of carbonyl (C=O) groups is 1. The molecule has 0 spiro atoms. The van der Waals surface area contributed by atoms with Gasteiger partial charge in [0.25, 0.3) is 5.91 Å². The lowest BCUT2D eigenvalue weighted by Crippen LogP contribution is -2.41. The number of amides is 1. The van der Waals surface area contributed by atoms with Crippen LogP contribution in [0.15, 0.2) is 73.1 Å². The maximum absolute atomic E-state index is 14.6. The minimum Gasteiger partial charge on any atom is -0.372 e. The number of anilines is 1. The predicted octanol–water partition coefficient (Wildman–Crippen LogP) is 5.31. The highest BCUT2D eigenvalue weighted by Gasteiger charge is 2.61. The van der Waals surface area contributed by atoms with Crippen molar-refractivity contribution in [3.63, 3.8) is 0 Å². The number of rotatable bonds is 5. The van der Waals surface area contributed by atoms with Gasteiger partial charge in [0.15, 0.2) is 0 Å². The van der Waals surface area contributed by atoms with Gasteiger partial charge < -0.3 is 5.11 Å². The molecule has 37 heavy (non-hydrogen) atoms. The number of hydrazine groups is 1. The van der Waals surface area contributed by atoms with Crippen LogP contribution in [0.2, 0.25) is 0 Å². The first-order valence-corrected chi connectivity index (χ1v) is 11.1. The maximum atomic E-state index is 14.6.